The minimum atomic E-state index is -0.492. The predicted octanol–water partition coefficient (Wildman–Crippen LogP) is 4.78. The Labute approximate surface area is 205 Å². The monoisotopic (exact) mass is 475 g/mol. The van der Waals surface area contributed by atoms with Crippen molar-refractivity contribution in [2.24, 2.45) is 5.92 Å². The number of Topliss-reactive ketones (excluding diaryl/α,β-unsaturated/α-hetero) is 1. The van der Waals surface area contributed by atoms with Gasteiger partial charge in [-0.25, -0.2) is 4.98 Å². The number of amides is 2. The average Bonchev–Trinajstić information content (AvgIpc) is 3.31. The highest BCUT2D eigenvalue weighted by Gasteiger charge is 2.28. The molecule has 0 bridgehead atoms. The maximum Gasteiger partial charge on any atom is 0.264 e. The van der Waals surface area contributed by atoms with Gasteiger partial charge >= 0.3 is 0 Å². The molecule has 1 aliphatic rings. The molecule has 0 saturated heterocycles. The summed E-state index contributed by atoms with van der Waals surface area (Å²) in [7, 11) is 0. The molecule has 1 aliphatic carbocycles. The number of ketones is 1. The van der Waals surface area contributed by atoms with Gasteiger partial charge in [-0.1, -0.05) is 61.7 Å². The van der Waals surface area contributed by atoms with Gasteiger partial charge < -0.3 is 15.1 Å². The van der Waals surface area contributed by atoms with Crippen molar-refractivity contribution in [3.8, 4) is 0 Å². The van der Waals surface area contributed by atoms with Gasteiger partial charge in [-0.3, -0.25) is 14.4 Å². The molecule has 1 aromatic heterocycles. The zero-order chi connectivity index (χ0) is 24.6. The van der Waals surface area contributed by atoms with E-state index < -0.39 is 5.92 Å². The molecule has 0 aliphatic heterocycles. The number of oxazole rings is 1. The highest BCUT2D eigenvalue weighted by atomic mass is 16.4. The fourth-order valence-corrected chi connectivity index (χ4v) is 5.02. The normalized spacial score (nSPS) is 15.9. The molecule has 2 N–H and O–H groups in total. The van der Waals surface area contributed by atoms with Crippen molar-refractivity contribution >= 4 is 28.7 Å². The van der Waals surface area contributed by atoms with Gasteiger partial charge in [0.1, 0.15) is 5.52 Å². The lowest BCUT2D eigenvalue weighted by molar-refractivity contribution is -0.123. The zero-order valence-corrected chi connectivity index (χ0v) is 20.2. The molecule has 1 saturated carbocycles. The van der Waals surface area contributed by atoms with Crippen molar-refractivity contribution in [3.63, 3.8) is 0 Å². The van der Waals surface area contributed by atoms with Crippen molar-refractivity contribution in [2.45, 2.75) is 63.8 Å². The summed E-state index contributed by atoms with van der Waals surface area (Å²) in [5, 5.41) is 5.95. The zero-order valence-electron chi connectivity index (χ0n) is 20.2. The highest BCUT2D eigenvalue weighted by molar-refractivity contribution is 5.99. The third kappa shape index (κ3) is 6.56. The first kappa shape index (κ1) is 24.6. The number of hydrogen-bond acceptors (Lipinski definition) is 5. The second-order valence-corrected chi connectivity index (χ2v) is 9.36. The number of carbonyl (C=O) groups is 3. The fraction of sp³-hybridized carbons (Fsp3) is 0.429. The first-order valence-corrected chi connectivity index (χ1v) is 12.5. The van der Waals surface area contributed by atoms with E-state index >= 15 is 0 Å². The summed E-state index contributed by atoms with van der Waals surface area (Å²) in [6.07, 6.45) is 6.23. The van der Waals surface area contributed by atoms with Crippen LogP contribution in [-0.4, -0.2) is 35.2 Å². The van der Waals surface area contributed by atoms with Gasteiger partial charge in [-0.05, 0) is 42.9 Å². The summed E-state index contributed by atoms with van der Waals surface area (Å²) in [4.78, 5) is 42.2. The smallest absolute Gasteiger partial charge is 0.264 e. The van der Waals surface area contributed by atoms with Crippen LogP contribution in [0.3, 0.4) is 0 Å². The molecule has 0 spiro atoms. The molecule has 2 aromatic carbocycles. The Bertz CT molecular complexity index is 1120. The van der Waals surface area contributed by atoms with Crippen LogP contribution < -0.4 is 10.6 Å². The summed E-state index contributed by atoms with van der Waals surface area (Å²) < 4.78 is 5.73. The second kappa shape index (κ2) is 11.8. The molecule has 7 heteroatoms. The van der Waals surface area contributed by atoms with E-state index in [1.54, 1.807) is 6.07 Å². The lowest BCUT2D eigenvalue weighted by Crippen LogP contribution is -2.43. The van der Waals surface area contributed by atoms with E-state index in [0.29, 0.717) is 30.0 Å². The van der Waals surface area contributed by atoms with Gasteiger partial charge in [-0.2, -0.15) is 0 Å². The minimum Gasteiger partial charge on any atom is -0.434 e. The third-order valence-electron chi connectivity index (χ3n) is 6.79. The third-order valence-corrected chi connectivity index (χ3v) is 6.79. The summed E-state index contributed by atoms with van der Waals surface area (Å²) in [6, 6.07) is 16.6. The maximum atomic E-state index is 13.4. The highest BCUT2D eigenvalue weighted by Crippen LogP contribution is 2.28. The van der Waals surface area contributed by atoms with Gasteiger partial charge in [0.15, 0.2) is 5.58 Å². The summed E-state index contributed by atoms with van der Waals surface area (Å²) >= 11 is 0. The Morgan fingerprint density at radius 1 is 1.00 bits per heavy atom. The largest absolute Gasteiger partial charge is 0.434 e. The van der Waals surface area contributed by atoms with E-state index in [2.05, 4.69) is 15.6 Å². The summed E-state index contributed by atoms with van der Waals surface area (Å²) in [6.45, 7) is 1.83. The van der Waals surface area contributed by atoms with Crippen molar-refractivity contribution in [1.82, 2.24) is 15.6 Å². The molecular formula is C28H33N3O4. The van der Waals surface area contributed by atoms with E-state index in [0.717, 1.165) is 31.2 Å². The lowest BCUT2D eigenvalue weighted by Gasteiger charge is -2.30. The number of carbonyl (C=O) groups excluding carboxylic acids is 3. The van der Waals surface area contributed by atoms with Crippen molar-refractivity contribution in [3.05, 3.63) is 66.1 Å². The predicted molar refractivity (Wildman–Crippen MR) is 134 cm³/mol. The summed E-state index contributed by atoms with van der Waals surface area (Å²) in [5.41, 5.74) is 2.07. The molecule has 0 radical (unpaired) electrons. The number of benzene rings is 2. The van der Waals surface area contributed by atoms with Gasteiger partial charge in [0, 0.05) is 25.9 Å². The van der Waals surface area contributed by atoms with Gasteiger partial charge in [0.2, 0.25) is 17.6 Å². The number of nitrogens with one attached hydrogen (secondary N) is 2. The Hall–Kier alpha value is -3.48. The van der Waals surface area contributed by atoms with E-state index in [-0.39, 0.29) is 36.0 Å². The van der Waals surface area contributed by atoms with Crippen LogP contribution in [0.5, 0.6) is 0 Å². The second-order valence-electron chi connectivity index (χ2n) is 9.36. The Kier molecular flexibility index (Phi) is 8.29. The summed E-state index contributed by atoms with van der Waals surface area (Å²) in [5.74, 6) is -0.517. The molecule has 4 rings (SSSR count). The van der Waals surface area contributed by atoms with Crippen molar-refractivity contribution in [1.29, 1.82) is 0 Å². The van der Waals surface area contributed by atoms with Crippen LogP contribution in [-0.2, 0) is 9.59 Å². The van der Waals surface area contributed by atoms with E-state index in [9.17, 15) is 14.4 Å². The lowest BCUT2D eigenvalue weighted by atomic mass is 9.82. The molecular weight excluding hydrogens is 442 g/mol. The minimum absolute atomic E-state index is 0.0781. The van der Waals surface area contributed by atoms with Gasteiger partial charge in [0.25, 0.3) is 5.89 Å². The molecule has 7 nitrogen and oxygen atoms in total. The van der Waals surface area contributed by atoms with Gasteiger partial charge in [0.05, 0.1) is 5.92 Å². The molecule has 2 atom stereocenters. The molecule has 2 amide bonds. The van der Waals surface area contributed by atoms with Crippen LogP contribution in [0.15, 0.2) is 59.0 Å². The van der Waals surface area contributed by atoms with E-state index in [1.165, 1.54) is 13.3 Å². The SMILES string of the molecule is CC(=O)NC(CC(=O)NCCC(C(=O)c1nc2ccccc2o1)c1ccccc1)C1CCCCC1. The maximum absolute atomic E-state index is 13.4. The number of para-hydroxylation sites is 2. The molecule has 1 heterocycles. The first-order valence-electron chi connectivity index (χ1n) is 12.5. The molecule has 3 aromatic rings. The van der Waals surface area contributed by atoms with Gasteiger partial charge in [-0.15, -0.1) is 0 Å². The average molecular weight is 476 g/mol. The first-order chi connectivity index (χ1) is 17.0. The Balaban J connectivity index is 1.40. The van der Waals surface area contributed by atoms with Crippen LogP contribution in [0, 0.1) is 5.92 Å². The molecule has 184 valence electrons. The topological polar surface area (TPSA) is 101 Å². The van der Waals surface area contributed by atoms with Crippen molar-refractivity contribution in [2.75, 3.05) is 6.54 Å². The Morgan fingerprint density at radius 3 is 2.43 bits per heavy atom. The standard InChI is InChI=1S/C28H33N3O4/c1-19(32)30-24(21-12-6-3-7-13-21)18-26(33)29-17-16-22(20-10-4-2-5-11-20)27(34)28-31-23-14-8-9-15-25(23)35-28/h2,4-5,8-11,14-15,21-22,24H,3,6-7,12-13,16-18H2,1H3,(H,29,33)(H,30,32). The quantitative estimate of drug-likeness (QED) is 0.411. The van der Waals surface area contributed by atoms with Crippen LogP contribution in [0.2, 0.25) is 0 Å². The van der Waals surface area contributed by atoms with E-state index in [4.69, 9.17) is 4.42 Å². The number of nitrogens with zero attached hydrogens (tertiary/aromatic N) is 1. The fourth-order valence-electron chi connectivity index (χ4n) is 5.02. The number of rotatable bonds is 10. The van der Waals surface area contributed by atoms with E-state index in [1.807, 2.05) is 48.5 Å². The number of hydrogen-bond donors (Lipinski definition) is 2. The molecule has 1 fully saturated rings. The number of aromatic nitrogens is 1. The molecule has 2 unspecified atom stereocenters. The number of fused-ring (bicyclic) bond motifs is 1. The molecule has 35 heavy (non-hydrogen) atoms. The van der Waals surface area contributed by atoms with Crippen LogP contribution in [0.1, 0.15) is 74.0 Å². The van der Waals surface area contributed by atoms with Crippen LogP contribution >= 0.6 is 0 Å². The van der Waals surface area contributed by atoms with Crippen molar-refractivity contribution < 1.29 is 18.8 Å². The van der Waals surface area contributed by atoms with Crippen LogP contribution in [0.25, 0.3) is 11.1 Å². The Morgan fingerprint density at radius 2 is 1.71 bits per heavy atom. The van der Waals surface area contributed by atoms with Crippen LogP contribution in [0.4, 0.5) is 0 Å².